The molecule has 0 amide bonds. The lowest BCUT2D eigenvalue weighted by Gasteiger charge is -2.02. The Morgan fingerprint density at radius 2 is 1.94 bits per heavy atom. The average molecular weight is 250 g/mol. The molecule has 9 nitrogen and oxygen atoms in total. The van der Waals surface area contributed by atoms with Crippen molar-refractivity contribution in [3.05, 3.63) is 49.6 Å². The summed E-state index contributed by atoms with van der Waals surface area (Å²) in [6.45, 7) is 0. The Morgan fingerprint density at radius 3 is 2.39 bits per heavy atom. The van der Waals surface area contributed by atoms with Gasteiger partial charge < -0.3 is 5.11 Å². The number of rotatable bonds is 3. The number of nitrogens with one attached hydrogen (secondary N) is 1. The van der Waals surface area contributed by atoms with Crippen molar-refractivity contribution < 1.29 is 10.0 Å². The first-order chi connectivity index (χ1) is 8.54. The van der Waals surface area contributed by atoms with Gasteiger partial charge in [0, 0.05) is 12.1 Å². The largest absolute Gasteiger partial charge is 0.492 e. The van der Waals surface area contributed by atoms with E-state index in [4.69, 9.17) is 0 Å². The molecule has 2 N–H and O–H groups in total. The second-order valence-electron chi connectivity index (χ2n) is 3.31. The van der Waals surface area contributed by atoms with Crippen LogP contribution < -0.4 is 5.56 Å². The molecule has 0 spiro atoms. The number of hydrogen-bond donors (Lipinski definition) is 2. The maximum absolute atomic E-state index is 11.2. The van der Waals surface area contributed by atoms with E-state index in [1.807, 2.05) is 0 Å². The van der Waals surface area contributed by atoms with E-state index in [1.165, 1.54) is 24.3 Å². The molecule has 2 rings (SSSR count). The number of aromatic nitrogens is 2. The molecular weight excluding hydrogens is 244 g/mol. The van der Waals surface area contributed by atoms with Crippen LogP contribution >= 0.6 is 0 Å². The molecule has 1 aromatic heterocycles. The third kappa shape index (κ3) is 1.73. The Balaban J connectivity index is 2.52. The van der Waals surface area contributed by atoms with Crippen LogP contribution in [0, 0.1) is 15.0 Å². The highest BCUT2D eigenvalue weighted by Gasteiger charge is 2.16. The van der Waals surface area contributed by atoms with Crippen LogP contribution in [0.5, 0.6) is 5.88 Å². The van der Waals surface area contributed by atoms with Gasteiger partial charge in [0.15, 0.2) is 0 Å². The minimum absolute atomic E-state index is 0.138. The summed E-state index contributed by atoms with van der Waals surface area (Å²) >= 11 is 0. The van der Waals surface area contributed by atoms with Gasteiger partial charge in [-0.3, -0.25) is 20.0 Å². The Hall–Kier alpha value is -2.97. The molecule has 0 saturated heterocycles. The van der Waals surface area contributed by atoms with Gasteiger partial charge in [0.1, 0.15) is 0 Å². The summed E-state index contributed by atoms with van der Waals surface area (Å²) < 4.78 is 0.906. The van der Waals surface area contributed by atoms with E-state index < -0.39 is 22.0 Å². The Labute approximate surface area is 98.4 Å². The molecule has 18 heavy (non-hydrogen) atoms. The number of aromatic hydroxyl groups is 1. The lowest BCUT2D eigenvalue weighted by Crippen LogP contribution is -2.03. The summed E-state index contributed by atoms with van der Waals surface area (Å²) in [6.07, 6.45) is 0. The number of benzene rings is 1. The van der Waals surface area contributed by atoms with Crippen molar-refractivity contribution in [1.29, 1.82) is 0 Å². The second kappa shape index (κ2) is 4.13. The van der Waals surface area contributed by atoms with E-state index in [9.17, 15) is 24.9 Å². The quantitative estimate of drug-likeness (QED) is 0.479. The zero-order valence-electron chi connectivity index (χ0n) is 8.73. The summed E-state index contributed by atoms with van der Waals surface area (Å²) in [5.41, 5.74) is -1.37. The number of nitroso groups, excluding NO2 is 1. The van der Waals surface area contributed by atoms with Crippen molar-refractivity contribution in [2.75, 3.05) is 0 Å². The lowest BCUT2D eigenvalue weighted by atomic mass is 10.3. The maximum Gasteiger partial charge on any atom is 0.298 e. The lowest BCUT2D eigenvalue weighted by molar-refractivity contribution is -0.384. The Morgan fingerprint density at radius 1 is 1.33 bits per heavy atom. The molecule has 0 aliphatic rings. The predicted octanol–water partition coefficient (Wildman–Crippen LogP) is 1.18. The molecule has 0 bridgehead atoms. The highest BCUT2D eigenvalue weighted by atomic mass is 16.6. The van der Waals surface area contributed by atoms with Gasteiger partial charge >= 0.3 is 0 Å². The number of nitro groups is 1. The normalized spacial score (nSPS) is 10.2. The topological polar surface area (TPSA) is 131 Å². The zero-order chi connectivity index (χ0) is 13.3. The van der Waals surface area contributed by atoms with Crippen molar-refractivity contribution in [2.45, 2.75) is 0 Å². The van der Waals surface area contributed by atoms with Gasteiger partial charge in [0.25, 0.3) is 11.2 Å². The van der Waals surface area contributed by atoms with Crippen LogP contribution in [0.3, 0.4) is 0 Å². The molecule has 0 atom stereocenters. The number of aromatic amines is 1. The van der Waals surface area contributed by atoms with Gasteiger partial charge in [0.2, 0.25) is 11.6 Å². The molecular formula is C9H6N4O5. The third-order valence-electron chi connectivity index (χ3n) is 2.26. The molecule has 2 aromatic rings. The smallest absolute Gasteiger partial charge is 0.298 e. The fraction of sp³-hybridized carbons (Fsp3) is 0. The van der Waals surface area contributed by atoms with Crippen LogP contribution in [0.2, 0.25) is 0 Å². The van der Waals surface area contributed by atoms with Gasteiger partial charge in [-0.05, 0) is 17.3 Å². The van der Waals surface area contributed by atoms with E-state index in [1.54, 1.807) is 0 Å². The third-order valence-corrected chi connectivity index (χ3v) is 2.26. The average Bonchev–Trinajstić information content (AvgIpc) is 2.64. The van der Waals surface area contributed by atoms with Gasteiger partial charge in [0.05, 0.1) is 10.6 Å². The van der Waals surface area contributed by atoms with E-state index in [0.29, 0.717) is 0 Å². The maximum atomic E-state index is 11.2. The van der Waals surface area contributed by atoms with Crippen molar-refractivity contribution >= 4 is 11.4 Å². The first kappa shape index (κ1) is 11.5. The summed E-state index contributed by atoms with van der Waals surface area (Å²) in [5.74, 6) is -0.649. The molecule has 0 saturated carbocycles. The standard InChI is InChI=1S/C9H6N4O5/c14-8-7(11-16)9(15)12(10-8)5-1-3-6(4-2-5)13(17)18/h1-4,15H,(H,10,14). The first-order valence-corrected chi connectivity index (χ1v) is 4.66. The SMILES string of the molecule is O=Nc1c(O)n(-c2ccc([N+](=O)[O-])cc2)[nH]c1=O. The van der Waals surface area contributed by atoms with E-state index in [2.05, 4.69) is 10.3 Å². The monoisotopic (exact) mass is 250 g/mol. The van der Waals surface area contributed by atoms with Gasteiger partial charge in [-0.15, -0.1) is 4.91 Å². The predicted molar refractivity (Wildman–Crippen MR) is 60.2 cm³/mol. The fourth-order valence-electron chi connectivity index (χ4n) is 1.41. The van der Waals surface area contributed by atoms with Crippen LogP contribution in [-0.4, -0.2) is 19.8 Å². The summed E-state index contributed by atoms with van der Waals surface area (Å²) in [4.78, 5) is 31.4. The van der Waals surface area contributed by atoms with Crippen LogP contribution in [0.15, 0.2) is 34.2 Å². The van der Waals surface area contributed by atoms with Crippen molar-refractivity contribution in [3.63, 3.8) is 0 Å². The fourth-order valence-corrected chi connectivity index (χ4v) is 1.41. The minimum Gasteiger partial charge on any atom is -0.492 e. The molecule has 0 radical (unpaired) electrons. The Kier molecular flexibility index (Phi) is 2.64. The first-order valence-electron chi connectivity index (χ1n) is 4.66. The van der Waals surface area contributed by atoms with Crippen LogP contribution in [-0.2, 0) is 0 Å². The minimum atomic E-state index is -0.846. The molecule has 9 heteroatoms. The molecule has 1 aromatic carbocycles. The number of non-ortho nitro benzene ring substituents is 1. The van der Waals surface area contributed by atoms with Crippen LogP contribution in [0.1, 0.15) is 0 Å². The molecule has 1 heterocycles. The van der Waals surface area contributed by atoms with E-state index in [-0.39, 0.29) is 11.4 Å². The number of nitrogens with zero attached hydrogens (tertiary/aromatic N) is 3. The zero-order valence-corrected chi connectivity index (χ0v) is 8.73. The summed E-state index contributed by atoms with van der Waals surface area (Å²) in [6, 6.07) is 5.01. The molecule has 0 aliphatic carbocycles. The summed E-state index contributed by atoms with van der Waals surface area (Å²) in [7, 11) is 0. The van der Waals surface area contributed by atoms with Crippen molar-refractivity contribution in [2.24, 2.45) is 5.18 Å². The van der Waals surface area contributed by atoms with E-state index >= 15 is 0 Å². The molecule has 0 fully saturated rings. The highest BCUT2D eigenvalue weighted by molar-refractivity contribution is 5.50. The number of hydrogen-bond acceptors (Lipinski definition) is 6. The molecule has 0 aliphatic heterocycles. The Bertz CT molecular complexity index is 669. The van der Waals surface area contributed by atoms with Crippen molar-refractivity contribution in [3.8, 4) is 11.6 Å². The van der Waals surface area contributed by atoms with Gasteiger partial charge in [-0.1, -0.05) is 0 Å². The van der Waals surface area contributed by atoms with Crippen LogP contribution in [0.4, 0.5) is 11.4 Å². The number of nitro benzene ring substituents is 1. The highest BCUT2D eigenvalue weighted by Crippen LogP contribution is 2.25. The van der Waals surface area contributed by atoms with Gasteiger partial charge in [-0.2, -0.15) is 0 Å². The molecule has 0 unspecified atom stereocenters. The summed E-state index contributed by atoms with van der Waals surface area (Å²) in [5, 5.41) is 24.6. The number of H-pyrrole nitrogens is 1. The van der Waals surface area contributed by atoms with Crippen LogP contribution in [0.25, 0.3) is 5.69 Å². The van der Waals surface area contributed by atoms with E-state index in [0.717, 1.165) is 4.68 Å². The second-order valence-corrected chi connectivity index (χ2v) is 3.31. The molecule has 92 valence electrons. The van der Waals surface area contributed by atoms with Gasteiger partial charge in [-0.25, -0.2) is 4.68 Å². The van der Waals surface area contributed by atoms with Crippen molar-refractivity contribution in [1.82, 2.24) is 9.78 Å².